The van der Waals surface area contributed by atoms with Crippen molar-refractivity contribution in [3.05, 3.63) is 46.5 Å². The maximum absolute atomic E-state index is 2.48. The predicted molar refractivity (Wildman–Crippen MR) is 59.6 cm³/mol. The summed E-state index contributed by atoms with van der Waals surface area (Å²) in [6.45, 7) is 2.26. The first kappa shape index (κ1) is 8.28. The third-order valence-corrected chi connectivity index (χ3v) is 3.71. The summed E-state index contributed by atoms with van der Waals surface area (Å²) in [6, 6.07) is 6.77. The molecule has 2 aliphatic carbocycles. The van der Waals surface area contributed by atoms with Crippen molar-refractivity contribution in [2.45, 2.75) is 38.5 Å². The van der Waals surface area contributed by atoms with Crippen molar-refractivity contribution >= 4 is 0 Å². The molecule has 0 aromatic heterocycles. The lowest BCUT2D eigenvalue weighted by Crippen LogP contribution is -2.02. The summed E-state index contributed by atoms with van der Waals surface area (Å²) in [5.41, 5.74) is 6.43. The van der Waals surface area contributed by atoms with Gasteiger partial charge < -0.3 is 0 Å². The van der Waals surface area contributed by atoms with Crippen LogP contribution in [0.5, 0.6) is 0 Å². The van der Waals surface area contributed by atoms with E-state index in [0.29, 0.717) is 0 Å². The first-order valence-electron chi connectivity index (χ1n) is 5.63. The van der Waals surface area contributed by atoms with Crippen molar-refractivity contribution in [1.29, 1.82) is 0 Å². The lowest BCUT2D eigenvalue weighted by molar-refractivity contribution is 0.632. The standard InChI is InChI=1S/C14H16/c1-10-5-4-7-12-9-11-6-2-3-8-13(11)14(10)12/h4-7,13H,2-3,8-9H2,1H3/t13-/m0/s1. The molecule has 0 radical (unpaired) electrons. The summed E-state index contributed by atoms with van der Waals surface area (Å²) in [5, 5.41) is 0. The number of rotatable bonds is 0. The maximum Gasteiger partial charge on any atom is 0.00570 e. The fourth-order valence-electron chi connectivity index (χ4n) is 3.08. The summed E-state index contributed by atoms with van der Waals surface area (Å²) >= 11 is 0. The van der Waals surface area contributed by atoms with Crippen LogP contribution in [0.3, 0.4) is 0 Å². The zero-order valence-corrected chi connectivity index (χ0v) is 8.72. The summed E-state index contributed by atoms with van der Waals surface area (Å²) in [7, 11) is 0. The van der Waals surface area contributed by atoms with Crippen LogP contribution in [0.2, 0.25) is 0 Å². The van der Waals surface area contributed by atoms with E-state index in [4.69, 9.17) is 0 Å². The minimum atomic E-state index is 0.778. The van der Waals surface area contributed by atoms with Crippen molar-refractivity contribution in [3.8, 4) is 0 Å². The number of allylic oxidation sites excluding steroid dienone is 2. The topological polar surface area (TPSA) is 0 Å². The summed E-state index contributed by atoms with van der Waals surface area (Å²) in [4.78, 5) is 0. The molecule has 72 valence electrons. The summed E-state index contributed by atoms with van der Waals surface area (Å²) in [5.74, 6) is 0.778. The number of benzene rings is 1. The predicted octanol–water partition coefficient (Wildman–Crippen LogP) is 3.75. The minimum Gasteiger partial charge on any atom is -0.0844 e. The number of hydrogen-bond donors (Lipinski definition) is 0. The van der Waals surface area contributed by atoms with E-state index >= 15 is 0 Å². The summed E-state index contributed by atoms with van der Waals surface area (Å²) in [6.07, 6.45) is 7.76. The molecular weight excluding hydrogens is 168 g/mol. The van der Waals surface area contributed by atoms with Crippen LogP contribution >= 0.6 is 0 Å². The van der Waals surface area contributed by atoms with Crippen LogP contribution in [-0.2, 0) is 6.42 Å². The average molecular weight is 184 g/mol. The second kappa shape index (κ2) is 2.98. The lowest BCUT2D eigenvalue weighted by atomic mass is 9.86. The van der Waals surface area contributed by atoms with E-state index in [1.54, 1.807) is 16.7 Å². The van der Waals surface area contributed by atoms with E-state index in [2.05, 4.69) is 31.2 Å². The molecule has 1 aromatic carbocycles. The van der Waals surface area contributed by atoms with Crippen molar-refractivity contribution in [2.24, 2.45) is 0 Å². The highest BCUT2D eigenvalue weighted by Gasteiger charge is 2.29. The first-order valence-corrected chi connectivity index (χ1v) is 5.63. The second-order valence-electron chi connectivity index (χ2n) is 4.59. The van der Waals surface area contributed by atoms with Gasteiger partial charge in [-0.3, -0.25) is 0 Å². The van der Waals surface area contributed by atoms with Crippen molar-refractivity contribution in [3.63, 3.8) is 0 Å². The first-order chi connectivity index (χ1) is 6.86. The van der Waals surface area contributed by atoms with Gasteiger partial charge in [-0.05, 0) is 49.3 Å². The Kier molecular flexibility index (Phi) is 1.76. The molecule has 3 rings (SSSR count). The van der Waals surface area contributed by atoms with Crippen LogP contribution in [0.4, 0.5) is 0 Å². The highest BCUT2D eigenvalue weighted by Crippen LogP contribution is 2.44. The van der Waals surface area contributed by atoms with Gasteiger partial charge in [0.05, 0.1) is 0 Å². The van der Waals surface area contributed by atoms with E-state index in [-0.39, 0.29) is 0 Å². The van der Waals surface area contributed by atoms with Gasteiger partial charge in [0.1, 0.15) is 0 Å². The molecule has 0 saturated heterocycles. The van der Waals surface area contributed by atoms with E-state index in [1.807, 2.05) is 0 Å². The zero-order chi connectivity index (χ0) is 9.54. The van der Waals surface area contributed by atoms with Crippen molar-refractivity contribution in [1.82, 2.24) is 0 Å². The molecule has 0 nitrogen and oxygen atoms in total. The molecule has 0 aliphatic heterocycles. The normalized spacial score (nSPS) is 24.1. The molecule has 0 heterocycles. The van der Waals surface area contributed by atoms with Gasteiger partial charge in [0.15, 0.2) is 0 Å². The molecular formula is C14H16. The maximum atomic E-state index is 2.48. The highest BCUT2D eigenvalue weighted by atomic mass is 14.3. The molecule has 0 heteroatoms. The van der Waals surface area contributed by atoms with Gasteiger partial charge >= 0.3 is 0 Å². The van der Waals surface area contributed by atoms with E-state index in [9.17, 15) is 0 Å². The Bertz CT molecular complexity index is 398. The summed E-state index contributed by atoms with van der Waals surface area (Å²) < 4.78 is 0. The number of aryl methyl sites for hydroxylation is 1. The monoisotopic (exact) mass is 184 g/mol. The molecule has 0 saturated carbocycles. The molecule has 0 amide bonds. The van der Waals surface area contributed by atoms with Gasteiger partial charge in [0.25, 0.3) is 0 Å². The average Bonchev–Trinajstić information content (AvgIpc) is 2.57. The SMILES string of the molecule is Cc1cccc2c1[C@H]1CCCC=C1C2. The molecule has 0 N–H and O–H groups in total. The van der Waals surface area contributed by atoms with E-state index in [0.717, 1.165) is 5.92 Å². The Morgan fingerprint density at radius 3 is 3.14 bits per heavy atom. The Hall–Kier alpha value is -1.04. The Labute approximate surface area is 85.6 Å². The molecule has 1 atom stereocenters. The van der Waals surface area contributed by atoms with Crippen molar-refractivity contribution < 1.29 is 0 Å². The molecule has 2 aliphatic rings. The van der Waals surface area contributed by atoms with Gasteiger partial charge in [-0.25, -0.2) is 0 Å². The minimum absolute atomic E-state index is 0.778. The Morgan fingerprint density at radius 1 is 1.29 bits per heavy atom. The van der Waals surface area contributed by atoms with Crippen LogP contribution in [0, 0.1) is 6.92 Å². The fraction of sp³-hybridized carbons (Fsp3) is 0.429. The van der Waals surface area contributed by atoms with Gasteiger partial charge in [0.2, 0.25) is 0 Å². The van der Waals surface area contributed by atoms with Crippen LogP contribution < -0.4 is 0 Å². The molecule has 0 spiro atoms. The van der Waals surface area contributed by atoms with Crippen molar-refractivity contribution in [2.75, 3.05) is 0 Å². The number of hydrogen-bond acceptors (Lipinski definition) is 0. The van der Waals surface area contributed by atoms with Gasteiger partial charge in [-0.2, -0.15) is 0 Å². The molecule has 0 bridgehead atoms. The van der Waals surface area contributed by atoms with Gasteiger partial charge in [-0.1, -0.05) is 29.8 Å². The zero-order valence-electron chi connectivity index (χ0n) is 8.72. The van der Waals surface area contributed by atoms with Crippen LogP contribution in [0.25, 0.3) is 0 Å². The Balaban J connectivity index is 2.16. The molecule has 1 aromatic rings. The van der Waals surface area contributed by atoms with Gasteiger partial charge in [0, 0.05) is 5.92 Å². The largest absolute Gasteiger partial charge is 0.0844 e. The fourth-order valence-corrected chi connectivity index (χ4v) is 3.08. The van der Waals surface area contributed by atoms with E-state index in [1.165, 1.54) is 31.2 Å². The molecule has 0 unspecified atom stereocenters. The smallest absolute Gasteiger partial charge is 0.00570 e. The van der Waals surface area contributed by atoms with Crippen LogP contribution in [0.15, 0.2) is 29.8 Å². The van der Waals surface area contributed by atoms with Gasteiger partial charge in [-0.15, -0.1) is 0 Å². The molecule has 0 fully saturated rings. The molecule has 14 heavy (non-hydrogen) atoms. The third kappa shape index (κ3) is 1.06. The third-order valence-electron chi connectivity index (χ3n) is 3.71. The highest BCUT2D eigenvalue weighted by molar-refractivity contribution is 5.50. The van der Waals surface area contributed by atoms with Crippen LogP contribution in [0.1, 0.15) is 41.9 Å². The second-order valence-corrected chi connectivity index (χ2v) is 4.59. The number of fused-ring (bicyclic) bond motifs is 3. The lowest BCUT2D eigenvalue weighted by Gasteiger charge is -2.19. The Morgan fingerprint density at radius 2 is 2.21 bits per heavy atom. The van der Waals surface area contributed by atoms with Crippen LogP contribution in [-0.4, -0.2) is 0 Å². The van der Waals surface area contributed by atoms with E-state index < -0.39 is 0 Å². The quantitative estimate of drug-likeness (QED) is 0.539.